The van der Waals surface area contributed by atoms with Crippen molar-refractivity contribution in [3.63, 3.8) is 0 Å². The fraction of sp³-hybridized carbons (Fsp3) is 0.250. The number of nitrogens with zero attached hydrogens (tertiary/aromatic N) is 2. The number of nitrogens with two attached hydrogens (primary N) is 1. The van der Waals surface area contributed by atoms with E-state index in [9.17, 15) is 8.78 Å². The molecule has 1 aliphatic heterocycles. The second kappa shape index (κ2) is 6.12. The molecular formula is C16H16BrF2N3. The number of benzene rings is 2. The van der Waals surface area contributed by atoms with E-state index in [4.69, 9.17) is 5.73 Å². The summed E-state index contributed by atoms with van der Waals surface area (Å²) >= 11 is 3.26. The molecule has 1 fully saturated rings. The zero-order valence-electron chi connectivity index (χ0n) is 11.9. The highest BCUT2D eigenvalue weighted by atomic mass is 79.9. The Bertz CT molecular complexity index is 626. The van der Waals surface area contributed by atoms with Gasteiger partial charge in [-0.15, -0.1) is 0 Å². The SMILES string of the molecule is Nc1ccc(N2CCN(c3ccc(Br)cc3F)CC2)c(F)c1. The maximum Gasteiger partial charge on any atom is 0.148 e. The molecule has 0 aliphatic carbocycles. The second-order valence-electron chi connectivity index (χ2n) is 5.28. The lowest BCUT2D eigenvalue weighted by Crippen LogP contribution is -2.47. The summed E-state index contributed by atoms with van der Waals surface area (Å²) < 4.78 is 28.7. The van der Waals surface area contributed by atoms with Gasteiger partial charge in [-0.3, -0.25) is 0 Å². The van der Waals surface area contributed by atoms with Gasteiger partial charge in [-0.2, -0.15) is 0 Å². The predicted octanol–water partition coefficient (Wildman–Crippen LogP) is 3.64. The summed E-state index contributed by atoms with van der Waals surface area (Å²) in [6.07, 6.45) is 0. The van der Waals surface area contributed by atoms with Crippen LogP contribution in [0.2, 0.25) is 0 Å². The van der Waals surface area contributed by atoms with Gasteiger partial charge in [-0.1, -0.05) is 15.9 Å². The standard InChI is InChI=1S/C16H16BrF2N3/c17-11-1-3-15(13(18)9-11)21-5-7-22(8-6-21)16-4-2-12(20)10-14(16)19/h1-4,9-10H,5-8,20H2. The maximum absolute atomic E-state index is 14.0. The number of hydrogen-bond donors (Lipinski definition) is 1. The maximum atomic E-state index is 14.0. The van der Waals surface area contributed by atoms with Gasteiger partial charge >= 0.3 is 0 Å². The molecule has 1 aliphatic rings. The van der Waals surface area contributed by atoms with Crippen molar-refractivity contribution in [1.29, 1.82) is 0 Å². The Kier molecular flexibility index (Phi) is 4.20. The molecule has 1 heterocycles. The van der Waals surface area contributed by atoms with Crippen LogP contribution in [0.5, 0.6) is 0 Å². The van der Waals surface area contributed by atoms with E-state index in [-0.39, 0.29) is 11.6 Å². The van der Waals surface area contributed by atoms with E-state index < -0.39 is 0 Å². The van der Waals surface area contributed by atoms with Crippen molar-refractivity contribution in [2.45, 2.75) is 0 Å². The molecule has 22 heavy (non-hydrogen) atoms. The summed E-state index contributed by atoms with van der Waals surface area (Å²) in [4.78, 5) is 3.94. The molecule has 0 bridgehead atoms. The zero-order chi connectivity index (χ0) is 15.7. The Hall–Kier alpha value is -1.82. The average molecular weight is 368 g/mol. The molecule has 1 saturated heterocycles. The molecule has 0 unspecified atom stereocenters. The minimum absolute atomic E-state index is 0.249. The highest BCUT2D eigenvalue weighted by Gasteiger charge is 2.21. The van der Waals surface area contributed by atoms with Crippen molar-refractivity contribution in [3.8, 4) is 0 Å². The molecule has 3 rings (SSSR count). The first-order valence-corrected chi connectivity index (χ1v) is 7.84. The van der Waals surface area contributed by atoms with Crippen LogP contribution in [0.15, 0.2) is 40.9 Å². The second-order valence-corrected chi connectivity index (χ2v) is 6.20. The molecule has 2 N–H and O–H groups in total. The molecular weight excluding hydrogens is 352 g/mol. The lowest BCUT2D eigenvalue weighted by Gasteiger charge is -2.37. The molecule has 2 aromatic rings. The van der Waals surface area contributed by atoms with E-state index >= 15 is 0 Å². The van der Waals surface area contributed by atoms with Gasteiger partial charge in [0.25, 0.3) is 0 Å². The molecule has 0 radical (unpaired) electrons. The van der Waals surface area contributed by atoms with Gasteiger partial charge in [-0.25, -0.2) is 8.78 Å². The summed E-state index contributed by atoms with van der Waals surface area (Å²) in [5.74, 6) is -0.565. The lowest BCUT2D eigenvalue weighted by molar-refractivity contribution is 0.582. The molecule has 0 saturated carbocycles. The Morgan fingerprint density at radius 2 is 1.32 bits per heavy atom. The number of piperazine rings is 1. The molecule has 0 atom stereocenters. The van der Waals surface area contributed by atoms with Crippen molar-refractivity contribution in [3.05, 3.63) is 52.5 Å². The quantitative estimate of drug-likeness (QED) is 0.822. The first-order chi connectivity index (χ1) is 10.5. The van der Waals surface area contributed by atoms with E-state index in [1.165, 1.54) is 12.1 Å². The van der Waals surface area contributed by atoms with E-state index in [0.717, 1.165) is 4.47 Å². The van der Waals surface area contributed by atoms with E-state index in [1.807, 2.05) is 15.9 Å². The summed E-state index contributed by atoms with van der Waals surface area (Å²) in [6.45, 7) is 2.55. The van der Waals surface area contributed by atoms with Crippen molar-refractivity contribution in [1.82, 2.24) is 0 Å². The number of hydrogen-bond acceptors (Lipinski definition) is 3. The van der Waals surface area contributed by atoms with Gasteiger partial charge in [0.15, 0.2) is 0 Å². The van der Waals surface area contributed by atoms with Gasteiger partial charge in [-0.05, 0) is 36.4 Å². The molecule has 3 nitrogen and oxygen atoms in total. The zero-order valence-corrected chi connectivity index (χ0v) is 13.5. The smallest absolute Gasteiger partial charge is 0.148 e. The van der Waals surface area contributed by atoms with Crippen molar-refractivity contribution in [2.24, 2.45) is 0 Å². The van der Waals surface area contributed by atoms with E-state index in [1.54, 1.807) is 18.2 Å². The lowest BCUT2D eigenvalue weighted by atomic mass is 10.2. The van der Waals surface area contributed by atoms with Crippen LogP contribution in [0, 0.1) is 11.6 Å². The third-order valence-electron chi connectivity index (χ3n) is 3.84. The van der Waals surface area contributed by atoms with Crippen LogP contribution in [0.4, 0.5) is 25.8 Å². The Labute approximate surface area is 136 Å². The normalized spacial score (nSPS) is 15.2. The Balaban J connectivity index is 1.72. The van der Waals surface area contributed by atoms with Crippen LogP contribution in [-0.4, -0.2) is 26.2 Å². The van der Waals surface area contributed by atoms with Gasteiger partial charge in [0, 0.05) is 36.3 Å². The fourth-order valence-electron chi connectivity index (χ4n) is 2.71. The molecule has 0 amide bonds. The van der Waals surface area contributed by atoms with Crippen LogP contribution in [0.3, 0.4) is 0 Å². The minimum Gasteiger partial charge on any atom is -0.399 e. The highest BCUT2D eigenvalue weighted by Crippen LogP contribution is 2.27. The first kappa shape index (κ1) is 15.1. The number of nitrogen functional groups attached to an aromatic ring is 1. The molecule has 2 aromatic carbocycles. The minimum atomic E-state index is -0.316. The van der Waals surface area contributed by atoms with Gasteiger partial charge in [0.2, 0.25) is 0 Å². The predicted molar refractivity (Wildman–Crippen MR) is 89.3 cm³/mol. The van der Waals surface area contributed by atoms with Crippen LogP contribution >= 0.6 is 15.9 Å². The van der Waals surface area contributed by atoms with Crippen molar-refractivity contribution >= 4 is 33.0 Å². The van der Waals surface area contributed by atoms with Crippen LogP contribution in [0.1, 0.15) is 0 Å². The topological polar surface area (TPSA) is 32.5 Å². The van der Waals surface area contributed by atoms with Gasteiger partial charge in [0.1, 0.15) is 11.6 Å². The van der Waals surface area contributed by atoms with Crippen molar-refractivity contribution < 1.29 is 8.78 Å². The number of rotatable bonds is 2. The number of anilines is 3. The van der Waals surface area contributed by atoms with Crippen LogP contribution in [-0.2, 0) is 0 Å². The summed E-state index contributed by atoms with van der Waals surface area (Å²) in [6, 6.07) is 9.76. The first-order valence-electron chi connectivity index (χ1n) is 7.04. The van der Waals surface area contributed by atoms with Gasteiger partial charge in [0.05, 0.1) is 11.4 Å². The number of halogens is 3. The summed E-state index contributed by atoms with van der Waals surface area (Å²) in [5, 5.41) is 0. The highest BCUT2D eigenvalue weighted by molar-refractivity contribution is 9.10. The monoisotopic (exact) mass is 367 g/mol. The third kappa shape index (κ3) is 3.02. The Morgan fingerprint density at radius 3 is 1.82 bits per heavy atom. The van der Waals surface area contributed by atoms with Crippen molar-refractivity contribution in [2.75, 3.05) is 41.7 Å². The fourth-order valence-corrected chi connectivity index (χ4v) is 3.04. The third-order valence-corrected chi connectivity index (χ3v) is 4.34. The van der Waals surface area contributed by atoms with E-state index in [2.05, 4.69) is 15.9 Å². The summed E-state index contributed by atoms with van der Waals surface area (Å²) in [7, 11) is 0. The Morgan fingerprint density at radius 1 is 0.818 bits per heavy atom. The average Bonchev–Trinajstić information content (AvgIpc) is 2.48. The van der Waals surface area contributed by atoms with Crippen LogP contribution < -0.4 is 15.5 Å². The molecule has 0 aromatic heterocycles. The molecule has 116 valence electrons. The van der Waals surface area contributed by atoms with Crippen LogP contribution in [0.25, 0.3) is 0 Å². The summed E-state index contributed by atoms with van der Waals surface area (Å²) in [5.41, 5.74) is 7.12. The molecule has 0 spiro atoms. The van der Waals surface area contributed by atoms with E-state index in [0.29, 0.717) is 43.2 Å². The van der Waals surface area contributed by atoms with Gasteiger partial charge < -0.3 is 15.5 Å². The molecule has 6 heteroatoms. The largest absolute Gasteiger partial charge is 0.399 e.